The van der Waals surface area contributed by atoms with Gasteiger partial charge in [0, 0.05) is 58.7 Å². The molecule has 0 aliphatic rings. The third kappa shape index (κ3) is 4.43. The second-order valence-corrected chi connectivity index (χ2v) is 16.4. The highest BCUT2D eigenvalue weighted by Gasteiger charge is 2.24. The average molecular weight is 756 g/mol. The molecule has 0 saturated carbocycles. The van der Waals surface area contributed by atoms with Crippen molar-refractivity contribution >= 4 is 103 Å². The summed E-state index contributed by atoms with van der Waals surface area (Å²) in [6.07, 6.45) is 0. The summed E-state index contributed by atoms with van der Waals surface area (Å²) in [5.74, 6) is 0. The molecule has 0 unspecified atom stereocenters. The van der Waals surface area contributed by atoms with Crippen molar-refractivity contribution in [2.45, 2.75) is 0 Å². The first-order chi connectivity index (χ1) is 28.8. The van der Waals surface area contributed by atoms with Crippen LogP contribution in [-0.2, 0) is 0 Å². The van der Waals surface area contributed by atoms with E-state index in [4.69, 9.17) is 0 Å². The first kappa shape index (κ1) is 31.8. The molecule has 0 atom stereocenters. The molecule has 270 valence electrons. The van der Waals surface area contributed by atoms with Gasteiger partial charge in [-0.25, -0.2) is 0 Å². The molecule has 0 bridgehead atoms. The lowest BCUT2D eigenvalue weighted by Gasteiger charge is -2.29. The molecule has 0 amide bonds. The predicted octanol–water partition coefficient (Wildman–Crippen LogP) is 15.4. The van der Waals surface area contributed by atoms with Gasteiger partial charge in [-0.3, -0.25) is 0 Å². The van der Waals surface area contributed by atoms with Crippen molar-refractivity contribution in [2.75, 3.05) is 4.90 Å². The molecule has 0 saturated heterocycles. The SMILES string of the molecule is c1ccc(-c2ccc(N(c3ccc4sc5ccccc5c4c3)c3ccc4c(c3)n3c5ccccc5c5ccc6c7ccccc7n4c6c53)c(-c3ccccc3)c2)cc1. The molecule has 0 radical (unpaired) electrons. The summed E-state index contributed by atoms with van der Waals surface area (Å²) in [4.78, 5) is 2.48. The highest BCUT2D eigenvalue weighted by atomic mass is 32.1. The molecule has 4 heteroatoms. The summed E-state index contributed by atoms with van der Waals surface area (Å²) in [6, 6.07) is 73.8. The van der Waals surface area contributed by atoms with Gasteiger partial charge in [0.1, 0.15) is 0 Å². The van der Waals surface area contributed by atoms with Gasteiger partial charge in [-0.2, -0.15) is 0 Å². The van der Waals surface area contributed by atoms with Crippen molar-refractivity contribution in [3.63, 3.8) is 0 Å². The van der Waals surface area contributed by atoms with E-state index in [9.17, 15) is 0 Å². The van der Waals surface area contributed by atoms with Crippen LogP contribution in [0.1, 0.15) is 0 Å². The summed E-state index contributed by atoms with van der Waals surface area (Å²) < 4.78 is 7.62. The average Bonchev–Trinajstić information content (AvgIpc) is 3.95. The van der Waals surface area contributed by atoms with Gasteiger partial charge in [0.25, 0.3) is 0 Å². The number of hydrogen-bond donors (Lipinski definition) is 0. The van der Waals surface area contributed by atoms with Crippen molar-refractivity contribution in [2.24, 2.45) is 0 Å². The van der Waals surface area contributed by atoms with E-state index < -0.39 is 0 Å². The Labute approximate surface area is 337 Å². The van der Waals surface area contributed by atoms with Gasteiger partial charge in [-0.05, 0) is 83.4 Å². The molecule has 9 aromatic carbocycles. The topological polar surface area (TPSA) is 12.1 Å². The second-order valence-electron chi connectivity index (χ2n) is 15.3. The van der Waals surface area contributed by atoms with E-state index in [0.717, 1.165) is 17.1 Å². The summed E-state index contributed by atoms with van der Waals surface area (Å²) in [5.41, 5.74) is 15.4. The van der Waals surface area contributed by atoms with Crippen molar-refractivity contribution in [1.82, 2.24) is 8.80 Å². The van der Waals surface area contributed by atoms with Crippen molar-refractivity contribution in [1.29, 1.82) is 0 Å². The smallest absolute Gasteiger partial charge is 0.0789 e. The Hall–Kier alpha value is -7.40. The van der Waals surface area contributed by atoms with Crippen LogP contribution >= 0.6 is 11.3 Å². The Bertz CT molecular complexity index is 3740. The minimum Gasteiger partial charge on any atom is -0.310 e. The van der Waals surface area contributed by atoms with Crippen molar-refractivity contribution in [3.05, 3.63) is 200 Å². The zero-order valence-corrected chi connectivity index (χ0v) is 32.1. The molecule has 0 N–H and O–H groups in total. The number of fused-ring (bicyclic) bond motifs is 12. The molecule has 4 heterocycles. The predicted molar refractivity (Wildman–Crippen MR) is 248 cm³/mol. The summed E-state index contributed by atoms with van der Waals surface area (Å²) >= 11 is 1.86. The Morgan fingerprint density at radius 3 is 1.62 bits per heavy atom. The molecule has 0 aliphatic heterocycles. The fourth-order valence-electron chi connectivity index (χ4n) is 9.69. The molecule has 0 fully saturated rings. The second kappa shape index (κ2) is 12.1. The van der Waals surface area contributed by atoms with E-state index in [-0.39, 0.29) is 0 Å². The molecule has 13 rings (SSSR count). The lowest BCUT2D eigenvalue weighted by molar-refractivity contribution is 1.24. The van der Waals surface area contributed by atoms with E-state index in [1.165, 1.54) is 97.1 Å². The highest BCUT2D eigenvalue weighted by molar-refractivity contribution is 7.25. The largest absolute Gasteiger partial charge is 0.310 e. The van der Waals surface area contributed by atoms with Gasteiger partial charge in [0.05, 0.1) is 38.8 Å². The minimum atomic E-state index is 1.10. The Morgan fingerprint density at radius 2 is 0.897 bits per heavy atom. The molecule has 13 aromatic rings. The third-order valence-electron chi connectivity index (χ3n) is 12.2. The van der Waals surface area contributed by atoms with E-state index in [0.29, 0.717) is 0 Å². The van der Waals surface area contributed by atoms with Crippen molar-refractivity contribution < 1.29 is 0 Å². The summed E-state index contributed by atoms with van der Waals surface area (Å²) in [5, 5.41) is 7.67. The Balaban J connectivity index is 1.16. The van der Waals surface area contributed by atoms with Gasteiger partial charge >= 0.3 is 0 Å². The number of para-hydroxylation sites is 2. The van der Waals surface area contributed by atoms with Gasteiger partial charge in [0.15, 0.2) is 0 Å². The monoisotopic (exact) mass is 755 g/mol. The maximum atomic E-state index is 2.52. The number of benzene rings is 9. The van der Waals surface area contributed by atoms with E-state index in [1.54, 1.807) is 0 Å². The van der Waals surface area contributed by atoms with Crippen LogP contribution in [0.15, 0.2) is 200 Å². The summed E-state index contributed by atoms with van der Waals surface area (Å²) in [6.45, 7) is 0. The number of rotatable bonds is 5. The normalized spacial score (nSPS) is 12.1. The third-order valence-corrected chi connectivity index (χ3v) is 13.4. The standard InChI is InChI=1S/C54H33N3S/c1-3-13-34(14-4-1)36-23-28-48(44(31-36)35-15-5-2-6-16-35)55(37-25-30-52-45(32-37)41-19-9-12-22-51(41)58-52)38-24-29-49-50(33-38)57-47-21-11-8-18-40(47)43-27-26-42-39-17-7-10-20-46(39)56(49)53(42)54(43)57/h1-33H. The Kier molecular flexibility index (Phi) is 6.60. The molecular weight excluding hydrogens is 723 g/mol. The lowest BCUT2D eigenvalue weighted by Crippen LogP contribution is -2.12. The van der Waals surface area contributed by atoms with Gasteiger partial charge in [-0.15, -0.1) is 11.3 Å². The van der Waals surface area contributed by atoms with Crippen LogP contribution in [0.3, 0.4) is 0 Å². The minimum absolute atomic E-state index is 1.10. The van der Waals surface area contributed by atoms with Crippen LogP contribution in [0.5, 0.6) is 0 Å². The molecule has 3 nitrogen and oxygen atoms in total. The molecule has 0 spiro atoms. The number of hydrogen-bond acceptors (Lipinski definition) is 2. The summed E-state index contributed by atoms with van der Waals surface area (Å²) in [7, 11) is 0. The number of aromatic nitrogens is 2. The van der Waals surface area contributed by atoms with Crippen LogP contribution in [-0.4, -0.2) is 8.80 Å². The fourth-order valence-corrected chi connectivity index (χ4v) is 10.8. The lowest BCUT2D eigenvalue weighted by atomic mass is 9.96. The van der Waals surface area contributed by atoms with E-state index >= 15 is 0 Å². The van der Waals surface area contributed by atoms with E-state index in [2.05, 4.69) is 214 Å². The molecular formula is C54H33N3S. The van der Waals surface area contributed by atoms with Crippen LogP contribution in [0, 0.1) is 0 Å². The van der Waals surface area contributed by atoms with Crippen LogP contribution < -0.4 is 4.90 Å². The van der Waals surface area contributed by atoms with E-state index in [1.807, 2.05) is 11.3 Å². The van der Waals surface area contributed by atoms with Gasteiger partial charge in [-0.1, -0.05) is 133 Å². The Morgan fingerprint density at radius 1 is 0.328 bits per heavy atom. The van der Waals surface area contributed by atoms with Crippen LogP contribution in [0.2, 0.25) is 0 Å². The zero-order chi connectivity index (χ0) is 37.9. The number of nitrogens with zero attached hydrogens (tertiary/aromatic N) is 3. The fraction of sp³-hybridized carbons (Fsp3) is 0. The zero-order valence-electron chi connectivity index (χ0n) is 31.3. The molecule has 58 heavy (non-hydrogen) atoms. The maximum Gasteiger partial charge on any atom is 0.0789 e. The van der Waals surface area contributed by atoms with Gasteiger partial charge < -0.3 is 13.7 Å². The first-order valence-corrected chi connectivity index (χ1v) is 20.7. The van der Waals surface area contributed by atoms with Crippen molar-refractivity contribution in [3.8, 4) is 22.3 Å². The van der Waals surface area contributed by atoms with Crippen LogP contribution in [0.4, 0.5) is 17.1 Å². The number of anilines is 3. The quantitative estimate of drug-likeness (QED) is 0.159. The molecule has 4 aromatic heterocycles. The maximum absolute atomic E-state index is 2.52. The van der Waals surface area contributed by atoms with Gasteiger partial charge in [0.2, 0.25) is 0 Å². The highest BCUT2D eigenvalue weighted by Crippen LogP contribution is 2.47. The molecule has 0 aliphatic carbocycles. The van der Waals surface area contributed by atoms with Crippen LogP contribution in [0.25, 0.3) is 97.1 Å². The number of thiophene rings is 1. The first-order valence-electron chi connectivity index (χ1n) is 19.8.